The number of nitriles is 1. The molecule has 0 unspecified atom stereocenters. The highest BCUT2D eigenvalue weighted by Gasteiger charge is 2.18. The lowest BCUT2D eigenvalue weighted by atomic mass is 10.1. The first-order valence-electron chi connectivity index (χ1n) is 7.85. The van der Waals surface area contributed by atoms with Crippen molar-refractivity contribution in [3.63, 3.8) is 0 Å². The van der Waals surface area contributed by atoms with Crippen LogP contribution in [-0.4, -0.2) is 19.5 Å². The molecule has 0 radical (unpaired) electrons. The van der Waals surface area contributed by atoms with E-state index < -0.39 is 4.92 Å². The third-order valence-electron chi connectivity index (χ3n) is 4.11. The number of hydrogen-bond donors (Lipinski definition) is 0. The molecule has 0 amide bonds. The Morgan fingerprint density at radius 2 is 1.96 bits per heavy atom. The van der Waals surface area contributed by atoms with Gasteiger partial charge in [-0.2, -0.15) is 5.26 Å². The number of fused-ring (bicyclic) bond motifs is 1. The molecule has 0 saturated carbocycles. The van der Waals surface area contributed by atoms with Gasteiger partial charge < -0.3 is 4.57 Å². The monoisotopic (exact) mass is 375 g/mol. The fourth-order valence-corrected chi connectivity index (χ4v) is 3.13. The molecule has 2 aromatic carbocycles. The van der Waals surface area contributed by atoms with Gasteiger partial charge in [-0.25, -0.2) is 9.97 Å². The molecular weight excluding hydrogens is 366 g/mol. The lowest BCUT2D eigenvalue weighted by Gasteiger charge is -2.09. The molecular formula is C19H10ClN5O2. The van der Waals surface area contributed by atoms with E-state index in [0.29, 0.717) is 32.9 Å². The quantitative estimate of drug-likeness (QED) is 0.387. The van der Waals surface area contributed by atoms with Crippen LogP contribution >= 0.6 is 11.6 Å². The highest BCUT2D eigenvalue weighted by molar-refractivity contribution is 6.30. The van der Waals surface area contributed by atoms with Gasteiger partial charge in [0.15, 0.2) is 0 Å². The van der Waals surface area contributed by atoms with Crippen molar-refractivity contribution in [2.75, 3.05) is 0 Å². The first-order valence-corrected chi connectivity index (χ1v) is 8.23. The topological polar surface area (TPSA) is 97.6 Å². The smallest absolute Gasteiger partial charge is 0.270 e. The van der Waals surface area contributed by atoms with Gasteiger partial charge in [0.25, 0.3) is 5.69 Å². The van der Waals surface area contributed by atoms with Gasteiger partial charge in [0.2, 0.25) is 0 Å². The summed E-state index contributed by atoms with van der Waals surface area (Å²) in [7, 11) is 0. The SMILES string of the molecule is N#Cc1cn(-c2cccc(Cl)c2)c2c(-c3cccc([N+](=O)[O-])c3)ncnc12. The number of benzene rings is 2. The van der Waals surface area contributed by atoms with Crippen molar-refractivity contribution in [3.8, 4) is 23.0 Å². The Hall–Kier alpha value is -3.76. The summed E-state index contributed by atoms with van der Waals surface area (Å²) in [5, 5.41) is 21.2. The fraction of sp³-hybridized carbons (Fsp3) is 0. The molecule has 8 heteroatoms. The summed E-state index contributed by atoms with van der Waals surface area (Å²) >= 11 is 6.11. The molecule has 0 fully saturated rings. The van der Waals surface area contributed by atoms with Gasteiger partial charge in [-0.1, -0.05) is 29.8 Å². The van der Waals surface area contributed by atoms with Crippen LogP contribution < -0.4 is 0 Å². The number of rotatable bonds is 3. The summed E-state index contributed by atoms with van der Waals surface area (Å²) in [6, 6.07) is 15.5. The summed E-state index contributed by atoms with van der Waals surface area (Å²) in [6.07, 6.45) is 3.01. The molecule has 0 bridgehead atoms. The van der Waals surface area contributed by atoms with E-state index in [2.05, 4.69) is 16.0 Å². The Morgan fingerprint density at radius 1 is 1.15 bits per heavy atom. The molecule has 0 N–H and O–H groups in total. The van der Waals surface area contributed by atoms with E-state index in [9.17, 15) is 15.4 Å². The van der Waals surface area contributed by atoms with Crippen LogP contribution in [-0.2, 0) is 0 Å². The van der Waals surface area contributed by atoms with Crippen LogP contribution in [0, 0.1) is 21.4 Å². The molecule has 0 atom stereocenters. The second-order valence-electron chi connectivity index (χ2n) is 5.73. The van der Waals surface area contributed by atoms with E-state index >= 15 is 0 Å². The molecule has 4 aromatic rings. The first-order chi connectivity index (χ1) is 13.1. The van der Waals surface area contributed by atoms with Crippen LogP contribution in [0.1, 0.15) is 5.56 Å². The predicted molar refractivity (Wildman–Crippen MR) is 101 cm³/mol. The first kappa shape index (κ1) is 16.7. The zero-order valence-electron chi connectivity index (χ0n) is 13.7. The van der Waals surface area contributed by atoms with Crippen LogP contribution in [0.4, 0.5) is 5.69 Å². The van der Waals surface area contributed by atoms with Gasteiger partial charge >= 0.3 is 0 Å². The zero-order chi connectivity index (χ0) is 19.0. The summed E-state index contributed by atoms with van der Waals surface area (Å²) < 4.78 is 1.77. The normalized spacial score (nSPS) is 10.7. The number of hydrogen-bond acceptors (Lipinski definition) is 5. The molecule has 0 aliphatic rings. The van der Waals surface area contributed by atoms with E-state index in [0.717, 1.165) is 5.69 Å². The fourth-order valence-electron chi connectivity index (χ4n) is 2.95. The third-order valence-corrected chi connectivity index (χ3v) is 4.35. The van der Waals surface area contributed by atoms with Crippen LogP contribution in [0.25, 0.3) is 28.0 Å². The van der Waals surface area contributed by atoms with Gasteiger partial charge in [0.1, 0.15) is 17.9 Å². The Morgan fingerprint density at radius 3 is 2.70 bits per heavy atom. The molecule has 0 aliphatic carbocycles. The Kier molecular flexibility index (Phi) is 4.03. The molecule has 2 aromatic heterocycles. The van der Waals surface area contributed by atoms with Crippen molar-refractivity contribution in [2.45, 2.75) is 0 Å². The third kappa shape index (κ3) is 2.88. The molecule has 130 valence electrons. The summed E-state index contributed by atoms with van der Waals surface area (Å²) in [6.45, 7) is 0. The number of non-ortho nitro benzene ring substituents is 1. The van der Waals surface area contributed by atoms with E-state index in [1.54, 1.807) is 41.1 Å². The van der Waals surface area contributed by atoms with Crippen LogP contribution in [0.5, 0.6) is 0 Å². The van der Waals surface area contributed by atoms with Crippen molar-refractivity contribution < 1.29 is 4.92 Å². The minimum absolute atomic E-state index is 0.0411. The lowest BCUT2D eigenvalue weighted by molar-refractivity contribution is -0.384. The summed E-state index contributed by atoms with van der Waals surface area (Å²) in [4.78, 5) is 19.3. The number of halogens is 1. The molecule has 4 rings (SSSR count). The van der Waals surface area contributed by atoms with Gasteiger partial charge in [0.05, 0.1) is 21.7 Å². The minimum atomic E-state index is -0.460. The van der Waals surface area contributed by atoms with Crippen molar-refractivity contribution in [2.24, 2.45) is 0 Å². The number of nitro groups is 1. The Labute approximate surface area is 158 Å². The van der Waals surface area contributed by atoms with E-state index in [4.69, 9.17) is 11.6 Å². The predicted octanol–water partition coefficient (Wildman–Crippen LogP) is 4.52. The molecule has 27 heavy (non-hydrogen) atoms. The van der Waals surface area contributed by atoms with Crippen molar-refractivity contribution in [1.29, 1.82) is 5.26 Å². The van der Waals surface area contributed by atoms with E-state index in [1.165, 1.54) is 18.5 Å². The largest absolute Gasteiger partial charge is 0.312 e. The zero-order valence-corrected chi connectivity index (χ0v) is 14.5. The van der Waals surface area contributed by atoms with Crippen LogP contribution in [0.3, 0.4) is 0 Å². The van der Waals surface area contributed by atoms with Crippen molar-refractivity contribution in [3.05, 3.63) is 81.8 Å². The van der Waals surface area contributed by atoms with Crippen molar-refractivity contribution >= 4 is 28.3 Å². The summed E-state index contributed by atoms with van der Waals surface area (Å²) in [5.41, 5.74) is 3.16. The highest BCUT2D eigenvalue weighted by atomic mass is 35.5. The maximum absolute atomic E-state index is 11.1. The highest BCUT2D eigenvalue weighted by Crippen LogP contribution is 2.32. The average Bonchev–Trinajstić information content (AvgIpc) is 3.07. The molecule has 0 spiro atoms. The molecule has 7 nitrogen and oxygen atoms in total. The van der Waals surface area contributed by atoms with Gasteiger partial charge in [0, 0.05) is 34.6 Å². The Bertz CT molecular complexity index is 1240. The van der Waals surface area contributed by atoms with E-state index in [-0.39, 0.29) is 5.69 Å². The minimum Gasteiger partial charge on any atom is -0.312 e. The van der Waals surface area contributed by atoms with E-state index in [1.807, 2.05) is 6.07 Å². The van der Waals surface area contributed by atoms with Crippen LogP contribution in [0.15, 0.2) is 61.1 Å². The number of aromatic nitrogens is 3. The second kappa shape index (κ2) is 6.52. The maximum atomic E-state index is 11.1. The number of nitrogens with zero attached hydrogens (tertiary/aromatic N) is 5. The van der Waals surface area contributed by atoms with Gasteiger partial charge in [-0.05, 0) is 18.2 Å². The summed E-state index contributed by atoms with van der Waals surface area (Å²) in [5.74, 6) is 0. The molecule has 2 heterocycles. The van der Waals surface area contributed by atoms with Gasteiger partial charge in [-0.3, -0.25) is 10.1 Å². The standard InChI is InChI=1S/C19H10ClN5O2/c20-14-4-2-5-15(8-14)24-10-13(9-21)18-19(24)17(22-11-23-18)12-3-1-6-16(7-12)25(26)27/h1-8,10-11H. The number of nitro benzene ring substituents is 1. The second-order valence-corrected chi connectivity index (χ2v) is 6.17. The molecule has 0 saturated heterocycles. The average molecular weight is 376 g/mol. The maximum Gasteiger partial charge on any atom is 0.270 e. The van der Waals surface area contributed by atoms with Crippen LogP contribution in [0.2, 0.25) is 5.02 Å². The Balaban J connectivity index is 2.06. The van der Waals surface area contributed by atoms with Crippen molar-refractivity contribution in [1.82, 2.24) is 14.5 Å². The van der Waals surface area contributed by atoms with Gasteiger partial charge in [-0.15, -0.1) is 0 Å². The molecule has 0 aliphatic heterocycles. The lowest BCUT2D eigenvalue weighted by Crippen LogP contribution is -1.97.